The molecule has 3 nitrogen and oxygen atoms in total. The Morgan fingerprint density at radius 2 is 2.14 bits per heavy atom. The molecule has 0 aliphatic rings. The summed E-state index contributed by atoms with van der Waals surface area (Å²) in [5.41, 5.74) is 7.82. The molecule has 78 valence electrons. The second kappa shape index (κ2) is 4.33. The van der Waals surface area contributed by atoms with Gasteiger partial charge in [0.15, 0.2) is 0 Å². The number of hydrogen-bond donors (Lipinski definition) is 2. The van der Waals surface area contributed by atoms with Gasteiger partial charge >= 0.3 is 0 Å². The zero-order valence-corrected chi connectivity index (χ0v) is 8.87. The molecule has 1 aromatic carbocycles. The van der Waals surface area contributed by atoms with E-state index >= 15 is 0 Å². The fraction of sp³-hybridized carbons (Fsp3) is 0.455. The SMILES string of the molecule is COc1cc(O)cc(C)c1CC(C)N. The number of hydrogen-bond acceptors (Lipinski definition) is 3. The van der Waals surface area contributed by atoms with Gasteiger partial charge in [0.25, 0.3) is 0 Å². The highest BCUT2D eigenvalue weighted by Crippen LogP contribution is 2.28. The van der Waals surface area contributed by atoms with Crippen LogP contribution in [0, 0.1) is 6.92 Å². The third kappa shape index (κ3) is 2.39. The van der Waals surface area contributed by atoms with Gasteiger partial charge in [0.2, 0.25) is 0 Å². The van der Waals surface area contributed by atoms with Crippen molar-refractivity contribution in [2.45, 2.75) is 26.3 Å². The Morgan fingerprint density at radius 1 is 1.50 bits per heavy atom. The molecule has 0 spiro atoms. The molecule has 0 amide bonds. The first-order valence-corrected chi connectivity index (χ1v) is 4.66. The van der Waals surface area contributed by atoms with Crippen LogP contribution in [-0.2, 0) is 6.42 Å². The van der Waals surface area contributed by atoms with Gasteiger partial charge in [-0.2, -0.15) is 0 Å². The van der Waals surface area contributed by atoms with E-state index in [1.54, 1.807) is 19.2 Å². The average Bonchev–Trinajstić information content (AvgIpc) is 2.08. The van der Waals surface area contributed by atoms with Gasteiger partial charge in [-0.25, -0.2) is 0 Å². The van der Waals surface area contributed by atoms with Crippen molar-refractivity contribution in [2.24, 2.45) is 5.73 Å². The molecule has 3 heteroatoms. The van der Waals surface area contributed by atoms with E-state index in [0.29, 0.717) is 5.75 Å². The lowest BCUT2D eigenvalue weighted by atomic mass is 10.0. The molecule has 1 unspecified atom stereocenters. The van der Waals surface area contributed by atoms with Crippen LogP contribution in [0.1, 0.15) is 18.1 Å². The molecular weight excluding hydrogens is 178 g/mol. The summed E-state index contributed by atoms with van der Waals surface area (Å²) in [5, 5.41) is 9.37. The van der Waals surface area contributed by atoms with Crippen molar-refractivity contribution < 1.29 is 9.84 Å². The average molecular weight is 195 g/mol. The van der Waals surface area contributed by atoms with E-state index in [9.17, 15) is 5.11 Å². The summed E-state index contributed by atoms with van der Waals surface area (Å²) >= 11 is 0. The molecule has 0 heterocycles. The fourth-order valence-corrected chi connectivity index (χ4v) is 1.53. The second-order valence-electron chi connectivity index (χ2n) is 3.62. The quantitative estimate of drug-likeness (QED) is 0.770. The summed E-state index contributed by atoms with van der Waals surface area (Å²) in [7, 11) is 1.60. The Morgan fingerprint density at radius 3 is 2.64 bits per heavy atom. The van der Waals surface area contributed by atoms with Gasteiger partial charge in [0.1, 0.15) is 11.5 Å². The van der Waals surface area contributed by atoms with Crippen LogP contribution in [0.3, 0.4) is 0 Å². The molecule has 0 fully saturated rings. The minimum absolute atomic E-state index is 0.0899. The van der Waals surface area contributed by atoms with Gasteiger partial charge in [-0.1, -0.05) is 0 Å². The molecule has 0 bridgehead atoms. The van der Waals surface area contributed by atoms with Gasteiger partial charge in [-0.3, -0.25) is 0 Å². The molecule has 0 aliphatic carbocycles. The van der Waals surface area contributed by atoms with Crippen LogP contribution in [0.25, 0.3) is 0 Å². The summed E-state index contributed by atoms with van der Waals surface area (Å²) in [5.74, 6) is 0.938. The molecule has 14 heavy (non-hydrogen) atoms. The van der Waals surface area contributed by atoms with E-state index < -0.39 is 0 Å². The summed E-state index contributed by atoms with van der Waals surface area (Å²) in [6.07, 6.45) is 0.759. The zero-order chi connectivity index (χ0) is 10.7. The molecular formula is C11H17NO2. The van der Waals surface area contributed by atoms with Crippen LogP contribution in [0.15, 0.2) is 12.1 Å². The van der Waals surface area contributed by atoms with Crippen molar-refractivity contribution in [3.63, 3.8) is 0 Å². The van der Waals surface area contributed by atoms with Crippen molar-refractivity contribution in [3.05, 3.63) is 23.3 Å². The topological polar surface area (TPSA) is 55.5 Å². The Labute approximate surface area is 84.5 Å². The zero-order valence-electron chi connectivity index (χ0n) is 8.87. The first-order valence-electron chi connectivity index (χ1n) is 4.66. The number of phenolic OH excluding ortho intramolecular Hbond substituents is 1. The van der Waals surface area contributed by atoms with E-state index in [1.807, 2.05) is 13.8 Å². The van der Waals surface area contributed by atoms with E-state index in [4.69, 9.17) is 10.5 Å². The Balaban J connectivity index is 3.11. The first kappa shape index (κ1) is 10.9. The molecule has 1 atom stereocenters. The van der Waals surface area contributed by atoms with Crippen molar-refractivity contribution in [2.75, 3.05) is 7.11 Å². The van der Waals surface area contributed by atoms with Crippen LogP contribution < -0.4 is 10.5 Å². The second-order valence-corrected chi connectivity index (χ2v) is 3.62. The summed E-state index contributed by atoms with van der Waals surface area (Å²) in [6, 6.07) is 3.43. The lowest BCUT2D eigenvalue weighted by Gasteiger charge is -2.14. The van der Waals surface area contributed by atoms with Crippen LogP contribution in [0.2, 0.25) is 0 Å². The van der Waals surface area contributed by atoms with Gasteiger partial charge in [-0.15, -0.1) is 0 Å². The lowest BCUT2D eigenvalue weighted by molar-refractivity contribution is 0.400. The number of rotatable bonds is 3. The highest BCUT2D eigenvalue weighted by molar-refractivity contribution is 5.45. The number of benzene rings is 1. The maximum Gasteiger partial charge on any atom is 0.126 e. The summed E-state index contributed by atoms with van der Waals surface area (Å²) in [4.78, 5) is 0. The van der Waals surface area contributed by atoms with Crippen molar-refractivity contribution >= 4 is 0 Å². The third-order valence-electron chi connectivity index (χ3n) is 2.16. The molecule has 3 N–H and O–H groups in total. The standard InChI is InChI=1S/C11H17NO2/c1-7-4-9(13)6-11(14-3)10(7)5-8(2)12/h4,6,8,13H,5,12H2,1-3H3. The Hall–Kier alpha value is -1.22. The number of methoxy groups -OCH3 is 1. The maximum absolute atomic E-state index is 9.37. The lowest BCUT2D eigenvalue weighted by Crippen LogP contribution is -2.18. The van der Waals surface area contributed by atoms with E-state index in [1.165, 1.54) is 0 Å². The van der Waals surface area contributed by atoms with Crippen LogP contribution in [0.5, 0.6) is 11.5 Å². The van der Waals surface area contributed by atoms with Gasteiger partial charge in [-0.05, 0) is 37.5 Å². The first-order chi connectivity index (χ1) is 6.54. The number of nitrogens with two attached hydrogens (primary N) is 1. The van der Waals surface area contributed by atoms with E-state index in [-0.39, 0.29) is 11.8 Å². The predicted molar refractivity (Wildman–Crippen MR) is 56.7 cm³/mol. The Bertz CT molecular complexity index is 321. The molecule has 0 aromatic heterocycles. The van der Waals surface area contributed by atoms with Crippen molar-refractivity contribution in [1.29, 1.82) is 0 Å². The molecule has 0 aliphatic heterocycles. The fourth-order valence-electron chi connectivity index (χ4n) is 1.53. The summed E-state index contributed by atoms with van der Waals surface area (Å²) < 4.78 is 5.19. The van der Waals surface area contributed by atoms with Crippen LogP contribution in [-0.4, -0.2) is 18.3 Å². The van der Waals surface area contributed by atoms with Gasteiger partial charge in [0.05, 0.1) is 7.11 Å². The molecule has 0 radical (unpaired) electrons. The van der Waals surface area contributed by atoms with Crippen LogP contribution in [0.4, 0.5) is 0 Å². The van der Waals surface area contributed by atoms with E-state index in [0.717, 1.165) is 17.5 Å². The third-order valence-corrected chi connectivity index (χ3v) is 2.16. The van der Waals surface area contributed by atoms with E-state index in [2.05, 4.69) is 0 Å². The molecule has 1 rings (SSSR count). The highest BCUT2D eigenvalue weighted by Gasteiger charge is 2.10. The summed E-state index contributed by atoms with van der Waals surface area (Å²) in [6.45, 7) is 3.89. The number of aromatic hydroxyl groups is 1. The van der Waals surface area contributed by atoms with Crippen molar-refractivity contribution in [3.8, 4) is 11.5 Å². The van der Waals surface area contributed by atoms with Gasteiger partial charge in [0, 0.05) is 12.1 Å². The van der Waals surface area contributed by atoms with Gasteiger partial charge < -0.3 is 15.6 Å². The number of phenols is 1. The van der Waals surface area contributed by atoms with Crippen LogP contribution >= 0.6 is 0 Å². The monoisotopic (exact) mass is 195 g/mol. The minimum Gasteiger partial charge on any atom is -0.508 e. The predicted octanol–water partition coefficient (Wildman–Crippen LogP) is 1.60. The Kier molecular flexibility index (Phi) is 3.36. The molecule has 0 saturated heterocycles. The minimum atomic E-state index is 0.0899. The highest BCUT2D eigenvalue weighted by atomic mass is 16.5. The number of aryl methyl sites for hydroxylation is 1. The molecule has 0 saturated carbocycles. The normalized spacial score (nSPS) is 12.6. The maximum atomic E-state index is 9.37. The largest absolute Gasteiger partial charge is 0.508 e. The smallest absolute Gasteiger partial charge is 0.126 e. The molecule has 1 aromatic rings. The number of ether oxygens (including phenoxy) is 1. The van der Waals surface area contributed by atoms with Crippen molar-refractivity contribution in [1.82, 2.24) is 0 Å².